The van der Waals surface area contributed by atoms with Gasteiger partial charge in [0.2, 0.25) is 0 Å². The normalized spacial score (nSPS) is 24.2. The van der Waals surface area contributed by atoms with Crippen molar-refractivity contribution in [2.24, 2.45) is 11.8 Å². The Morgan fingerprint density at radius 1 is 1.29 bits per heavy atom. The van der Waals surface area contributed by atoms with Crippen LogP contribution in [-0.4, -0.2) is 16.3 Å². The monoisotopic (exact) mass is 355 g/mol. The Hall–Kier alpha value is -0.350. The van der Waals surface area contributed by atoms with Crippen LogP contribution in [0.1, 0.15) is 71.0 Å². The summed E-state index contributed by atoms with van der Waals surface area (Å²) in [6.45, 7) is 8.77. The molecule has 1 aliphatic rings. The van der Waals surface area contributed by atoms with E-state index in [-0.39, 0.29) is 0 Å². The van der Waals surface area contributed by atoms with E-state index in [1.807, 2.05) is 6.20 Å². The molecule has 0 aromatic carbocycles. The zero-order valence-electron chi connectivity index (χ0n) is 13.7. The molecule has 0 amide bonds. The Kier molecular flexibility index (Phi) is 6.74. The van der Waals surface area contributed by atoms with E-state index in [1.54, 1.807) is 0 Å². The summed E-state index contributed by atoms with van der Waals surface area (Å²) in [5.74, 6) is 1.70. The first-order valence-corrected chi connectivity index (χ1v) is 9.45. The molecule has 0 spiro atoms. The highest BCUT2D eigenvalue weighted by Gasteiger charge is 2.31. The average molecular weight is 356 g/mol. The van der Waals surface area contributed by atoms with E-state index in [1.165, 1.54) is 44.2 Å². The zero-order chi connectivity index (χ0) is 15.2. The van der Waals surface area contributed by atoms with Gasteiger partial charge in [-0.3, -0.25) is 4.68 Å². The fraction of sp³-hybridized carbons (Fsp3) is 0.824. The van der Waals surface area contributed by atoms with Gasteiger partial charge in [-0.1, -0.05) is 33.1 Å². The van der Waals surface area contributed by atoms with Crippen molar-refractivity contribution in [1.82, 2.24) is 15.1 Å². The number of aromatic nitrogens is 2. The van der Waals surface area contributed by atoms with Gasteiger partial charge in [0.15, 0.2) is 0 Å². The SMILES string of the molecule is CCCNC(c1c(Br)cnn1CC)C1CCC(CC)CC1. The third kappa shape index (κ3) is 4.10. The Morgan fingerprint density at radius 2 is 2.00 bits per heavy atom. The van der Waals surface area contributed by atoms with Crippen LogP contribution < -0.4 is 5.32 Å². The Bertz CT molecular complexity index is 422. The second-order valence-corrected chi connectivity index (χ2v) is 7.17. The number of hydrogen-bond acceptors (Lipinski definition) is 2. The number of hydrogen-bond donors (Lipinski definition) is 1. The van der Waals surface area contributed by atoms with Crippen LogP contribution in [0.4, 0.5) is 0 Å². The zero-order valence-corrected chi connectivity index (χ0v) is 15.3. The van der Waals surface area contributed by atoms with Crippen LogP contribution >= 0.6 is 15.9 Å². The van der Waals surface area contributed by atoms with Gasteiger partial charge in [-0.25, -0.2) is 0 Å². The van der Waals surface area contributed by atoms with Gasteiger partial charge in [-0.2, -0.15) is 5.10 Å². The van der Waals surface area contributed by atoms with Crippen molar-refractivity contribution >= 4 is 15.9 Å². The van der Waals surface area contributed by atoms with E-state index >= 15 is 0 Å². The smallest absolute Gasteiger partial charge is 0.0698 e. The molecule has 0 radical (unpaired) electrons. The van der Waals surface area contributed by atoms with Crippen LogP contribution in [0.3, 0.4) is 0 Å². The predicted octanol–water partition coefficient (Wildman–Crippen LogP) is 4.92. The van der Waals surface area contributed by atoms with Crippen LogP contribution in [0.2, 0.25) is 0 Å². The fourth-order valence-corrected chi connectivity index (χ4v) is 4.19. The van der Waals surface area contributed by atoms with E-state index in [0.717, 1.165) is 29.4 Å². The maximum absolute atomic E-state index is 4.52. The van der Waals surface area contributed by atoms with E-state index in [2.05, 4.69) is 51.8 Å². The molecule has 4 heteroatoms. The van der Waals surface area contributed by atoms with Crippen molar-refractivity contribution in [3.05, 3.63) is 16.4 Å². The molecule has 0 aliphatic heterocycles. The summed E-state index contributed by atoms with van der Waals surface area (Å²) in [5.41, 5.74) is 1.35. The Labute approximate surface area is 138 Å². The quantitative estimate of drug-likeness (QED) is 0.751. The van der Waals surface area contributed by atoms with Gasteiger partial charge in [0, 0.05) is 6.54 Å². The molecule has 1 aromatic rings. The molecule has 3 nitrogen and oxygen atoms in total. The van der Waals surface area contributed by atoms with Crippen molar-refractivity contribution in [2.45, 2.75) is 71.9 Å². The lowest BCUT2D eigenvalue weighted by molar-refractivity contribution is 0.212. The molecule has 1 unspecified atom stereocenters. The lowest BCUT2D eigenvalue weighted by atomic mass is 9.77. The van der Waals surface area contributed by atoms with E-state index in [4.69, 9.17) is 0 Å². The molecule has 0 saturated heterocycles. The maximum atomic E-state index is 4.52. The third-order valence-corrected chi connectivity index (χ3v) is 5.59. The molecule has 120 valence electrons. The third-order valence-electron chi connectivity index (χ3n) is 4.98. The van der Waals surface area contributed by atoms with Gasteiger partial charge in [0.1, 0.15) is 0 Å². The first-order valence-electron chi connectivity index (χ1n) is 8.65. The molecular formula is C17H30BrN3. The van der Waals surface area contributed by atoms with E-state index in [0.29, 0.717) is 6.04 Å². The summed E-state index contributed by atoms with van der Waals surface area (Å²) < 4.78 is 3.32. The first kappa shape index (κ1) is 17.0. The molecule has 1 aliphatic carbocycles. The molecule has 1 saturated carbocycles. The molecule has 21 heavy (non-hydrogen) atoms. The first-order chi connectivity index (χ1) is 10.2. The molecule has 1 aromatic heterocycles. The summed E-state index contributed by atoms with van der Waals surface area (Å²) >= 11 is 3.72. The van der Waals surface area contributed by atoms with Gasteiger partial charge in [-0.15, -0.1) is 0 Å². The summed E-state index contributed by atoms with van der Waals surface area (Å²) in [5, 5.41) is 8.32. The molecule has 1 heterocycles. The van der Waals surface area contributed by atoms with Crippen LogP contribution in [0, 0.1) is 11.8 Å². The average Bonchev–Trinajstić information content (AvgIpc) is 2.89. The van der Waals surface area contributed by atoms with Gasteiger partial charge >= 0.3 is 0 Å². The summed E-state index contributed by atoms with van der Waals surface area (Å²) in [4.78, 5) is 0. The molecular weight excluding hydrogens is 326 g/mol. The van der Waals surface area contributed by atoms with Gasteiger partial charge < -0.3 is 5.32 Å². The minimum Gasteiger partial charge on any atom is -0.308 e. The highest BCUT2D eigenvalue weighted by Crippen LogP contribution is 2.39. The second kappa shape index (κ2) is 8.33. The summed E-state index contributed by atoms with van der Waals surface area (Å²) in [6.07, 6.45) is 9.96. The molecule has 1 fully saturated rings. The topological polar surface area (TPSA) is 29.9 Å². The fourth-order valence-electron chi connectivity index (χ4n) is 3.65. The van der Waals surface area contributed by atoms with Crippen LogP contribution in [-0.2, 0) is 6.54 Å². The van der Waals surface area contributed by atoms with Gasteiger partial charge in [0.05, 0.1) is 22.4 Å². The van der Waals surface area contributed by atoms with Crippen molar-refractivity contribution in [1.29, 1.82) is 0 Å². The van der Waals surface area contributed by atoms with Gasteiger partial charge in [0.25, 0.3) is 0 Å². The standard InChI is InChI=1S/C17H30BrN3/c1-4-11-19-16(14-9-7-13(5-2)8-10-14)17-15(18)12-20-21(17)6-3/h12-14,16,19H,4-11H2,1-3H3. The van der Waals surface area contributed by atoms with Crippen molar-refractivity contribution < 1.29 is 0 Å². The largest absolute Gasteiger partial charge is 0.308 e. The van der Waals surface area contributed by atoms with Crippen LogP contribution in [0.15, 0.2) is 10.7 Å². The molecule has 1 atom stereocenters. The minimum atomic E-state index is 0.444. The Balaban J connectivity index is 2.16. The van der Waals surface area contributed by atoms with Crippen molar-refractivity contribution in [2.75, 3.05) is 6.54 Å². The number of nitrogens with one attached hydrogen (secondary N) is 1. The summed E-state index contributed by atoms with van der Waals surface area (Å²) in [6, 6.07) is 0.444. The predicted molar refractivity (Wildman–Crippen MR) is 92.4 cm³/mol. The number of halogens is 1. The highest BCUT2D eigenvalue weighted by molar-refractivity contribution is 9.10. The van der Waals surface area contributed by atoms with E-state index < -0.39 is 0 Å². The van der Waals surface area contributed by atoms with Crippen molar-refractivity contribution in [3.63, 3.8) is 0 Å². The summed E-state index contributed by atoms with van der Waals surface area (Å²) in [7, 11) is 0. The van der Waals surface area contributed by atoms with E-state index in [9.17, 15) is 0 Å². The number of nitrogens with zero attached hydrogens (tertiary/aromatic N) is 2. The second-order valence-electron chi connectivity index (χ2n) is 6.31. The number of aryl methyl sites for hydroxylation is 1. The van der Waals surface area contributed by atoms with Gasteiger partial charge in [-0.05, 0) is 60.5 Å². The lowest BCUT2D eigenvalue weighted by Gasteiger charge is -2.34. The lowest BCUT2D eigenvalue weighted by Crippen LogP contribution is -2.33. The van der Waals surface area contributed by atoms with Crippen LogP contribution in [0.25, 0.3) is 0 Å². The highest BCUT2D eigenvalue weighted by atomic mass is 79.9. The van der Waals surface area contributed by atoms with Crippen molar-refractivity contribution in [3.8, 4) is 0 Å². The molecule has 1 N–H and O–H groups in total. The maximum Gasteiger partial charge on any atom is 0.0698 e. The van der Waals surface area contributed by atoms with Crippen LogP contribution in [0.5, 0.6) is 0 Å². The Morgan fingerprint density at radius 3 is 2.57 bits per heavy atom. The molecule has 0 bridgehead atoms. The minimum absolute atomic E-state index is 0.444. The number of rotatable bonds is 7. The molecule has 2 rings (SSSR count).